The molecular weight excluding hydrogens is 210 g/mol. The summed E-state index contributed by atoms with van der Waals surface area (Å²) in [7, 11) is 0. The molecule has 0 radical (unpaired) electrons. The maximum atomic E-state index is 10.8. The van der Waals surface area contributed by atoms with Gasteiger partial charge in [0.05, 0.1) is 5.56 Å². The summed E-state index contributed by atoms with van der Waals surface area (Å²) in [6.45, 7) is -0.498. The number of nitro groups is 1. The van der Waals surface area contributed by atoms with Crippen LogP contribution in [-0.2, 0) is 6.54 Å². The van der Waals surface area contributed by atoms with Crippen molar-refractivity contribution >= 4 is 17.5 Å². The van der Waals surface area contributed by atoms with E-state index in [0.717, 1.165) is 0 Å². The SMILES string of the molecule is NC(=O)c1nc(Cl)ccc1C[N+](=O)[O-]. The largest absolute Gasteiger partial charge is 0.364 e. The number of hydrogen-bond acceptors (Lipinski definition) is 4. The van der Waals surface area contributed by atoms with E-state index >= 15 is 0 Å². The second-order valence-corrected chi connectivity index (χ2v) is 2.88. The lowest BCUT2D eigenvalue weighted by Gasteiger charge is -2.01. The second-order valence-electron chi connectivity index (χ2n) is 2.50. The fourth-order valence-electron chi connectivity index (χ4n) is 0.944. The van der Waals surface area contributed by atoms with Crippen molar-refractivity contribution in [1.29, 1.82) is 0 Å². The van der Waals surface area contributed by atoms with Crippen LogP contribution in [0, 0.1) is 10.1 Å². The highest BCUT2D eigenvalue weighted by molar-refractivity contribution is 6.29. The molecule has 0 saturated heterocycles. The van der Waals surface area contributed by atoms with E-state index in [2.05, 4.69) is 4.98 Å². The molecule has 0 unspecified atom stereocenters. The van der Waals surface area contributed by atoms with Gasteiger partial charge in [0.15, 0.2) is 0 Å². The van der Waals surface area contributed by atoms with Crippen LogP contribution in [0.2, 0.25) is 5.15 Å². The van der Waals surface area contributed by atoms with Crippen LogP contribution in [0.3, 0.4) is 0 Å². The molecule has 74 valence electrons. The van der Waals surface area contributed by atoms with Crippen LogP contribution in [0.25, 0.3) is 0 Å². The van der Waals surface area contributed by atoms with E-state index < -0.39 is 17.4 Å². The van der Waals surface area contributed by atoms with Gasteiger partial charge in [0.1, 0.15) is 10.8 Å². The number of aromatic nitrogens is 1. The lowest BCUT2D eigenvalue weighted by Crippen LogP contribution is -2.17. The minimum atomic E-state index is -0.829. The van der Waals surface area contributed by atoms with Crippen LogP contribution in [0.15, 0.2) is 12.1 Å². The number of amides is 1. The van der Waals surface area contributed by atoms with Gasteiger partial charge < -0.3 is 5.73 Å². The van der Waals surface area contributed by atoms with Crippen LogP contribution in [0.4, 0.5) is 0 Å². The van der Waals surface area contributed by atoms with Crippen molar-refractivity contribution in [3.8, 4) is 0 Å². The summed E-state index contributed by atoms with van der Waals surface area (Å²) in [5.41, 5.74) is 4.98. The molecule has 1 aromatic rings. The average Bonchev–Trinajstić information content (AvgIpc) is 2.07. The van der Waals surface area contributed by atoms with Crippen LogP contribution in [0.5, 0.6) is 0 Å². The number of hydrogen-bond donors (Lipinski definition) is 1. The normalized spacial score (nSPS) is 9.79. The Bertz CT molecular complexity index is 394. The van der Waals surface area contributed by atoms with Crippen molar-refractivity contribution in [3.63, 3.8) is 0 Å². The Morgan fingerprint density at radius 3 is 2.79 bits per heavy atom. The molecular formula is C7H6ClN3O3. The summed E-state index contributed by atoms with van der Waals surface area (Å²) in [4.78, 5) is 24.1. The molecule has 2 N–H and O–H groups in total. The Morgan fingerprint density at radius 1 is 1.64 bits per heavy atom. The highest BCUT2D eigenvalue weighted by Gasteiger charge is 2.14. The quantitative estimate of drug-likeness (QED) is 0.454. The number of carbonyl (C=O) groups excluding carboxylic acids is 1. The van der Waals surface area contributed by atoms with Gasteiger partial charge in [-0.05, 0) is 12.1 Å². The van der Waals surface area contributed by atoms with Crippen LogP contribution < -0.4 is 5.73 Å². The molecule has 0 aliphatic carbocycles. The molecule has 1 amide bonds. The number of halogens is 1. The maximum absolute atomic E-state index is 10.8. The monoisotopic (exact) mass is 215 g/mol. The summed E-state index contributed by atoms with van der Waals surface area (Å²) >= 11 is 5.51. The molecule has 14 heavy (non-hydrogen) atoms. The molecule has 0 bridgehead atoms. The zero-order valence-corrected chi connectivity index (χ0v) is 7.69. The molecule has 0 aromatic carbocycles. The number of nitrogens with zero attached hydrogens (tertiary/aromatic N) is 2. The summed E-state index contributed by atoms with van der Waals surface area (Å²) in [6.07, 6.45) is 0. The van der Waals surface area contributed by atoms with Crippen molar-refractivity contribution in [2.24, 2.45) is 5.73 Å². The molecule has 0 aliphatic heterocycles. The smallest absolute Gasteiger partial charge is 0.267 e. The predicted molar refractivity (Wildman–Crippen MR) is 48.5 cm³/mol. The fourth-order valence-corrected chi connectivity index (χ4v) is 1.09. The first-order valence-corrected chi connectivity index (χ1v) is 3.95. The number of rotatable bonds is 3. The minimum absolute atomic E-state index is 0.0749. The Balaban J connectivity index is 3.14. The summed E-state index contributed by atoms with van der Waals surface area (Å²) < 4.78 is 0. The van der Waals surface area contributed by atoms with Crippen LogP contribution >= 0.6 is 11.6 Å². The number of carbonyl (C=O) groups is 1. The van der Waals surface area contributed by atoms with Gasteiger partial charge in [-0.25, -0.2) is 4.98 Å². The zero-order valence-electron chi connectivity index (χ0n) is 6.94. The number of pyridine rings is 1. The summed E-state index contributed by atoms with van der Waals surface area (Å²) in [5, 5.41) is 10.3. The van der Waals surface area contributed by atoms with Crippen molar-refractivity contribution < 1.29 is 9.72 Å². The van der Waals surface area contributed by atoms with E-state index in [9.17, 15) is 14.9 Å². The van der Waals surface area contributed by atoms with Crippen molar-refractivity contribution in [3.05, 3.63) is 38.7 Å². The Morgan fingerprint density at radius 2 is 2.29 bits per heavy atom. The zero-order chi connectivity index (χ0) is 10.7. The summed E-state index contributed by atoms with van der Waals surface area (Å²) in [6, 6.07) is 2.73. The standard InChI is InChI=1S/C7H6ClN3O3/c8-5-2-1-4(3-11(13)14)6(10-5)7(9)12/h1-2H,3H2,(H2,9,12). The molecule has 1 heterocycles. The van der Waals surface area contributed by atoms with Gasteiger partial charge in [0, 0.05) is 4.92 Å². The first-order chi connectivity index (χ1) is 6.50. The lowest BCUT2D eigenvalue weighted by molar-refractivity contribution is -0.496. The molecule has 6 nitrogen and oxygen atoms in total. The third kappa shape index (κ3) is 2.40. The fraction of sp³-hybridized carbons (Fsp3) is 0.143. The van der Waals surface area contributed by atoms with E-state index in [0.29, 0.717) is 0 Å². The molecule has 1 aromatic heterocycles. The third-order valence-electron chi connectivity index (χ3n) is 1.48. The third-order valence-corrected chi connectivity index (χ3v) is 1.69. The first-order valence-electron chi connectivity index (χ1n) is 3.57. The van der Waals surface area contributed by atoms with Gasteiger partial charge in [-0.2, -0.15) is 0 Å². The first kappa shape index (κ1) is 10.4. The van der Waals surface area contributed by atoms with Gasteiger partial charge in [0.25, 0.3) is 5.91 Å². The van der Waals surface area contributed by atoms with E-state index in [-0.39, 0.29) is 16.4 Å². The Labute approximate surface area is 83.8 Å². The molecule has 7 heteroatoms. The average molecular weight is 216 g/mol. The van der Waals surface area contributed by atoms with Crippen LogP contribution in [0.1, 0.15) is 16.1 Å². The minimum Gasteiger partial charge on any atom is -0.364 e. The van der Waals surface area contributed by atoms with E-state index in [1.165, 1.54) is 12.1 Å². The Kier molecular flexibility index (Phi) is 2.98. The predicted octanol–water partition coefficient (Wildman–Crippen LogP) is 0.611. The maximum Gasteiger partial charge on any atom is 0.267 e. The van der Waals surface area contributed by atoms with Gasteiger partial charge in [0.2, 0.25) is 6.54 Å². The van der Waals surface area contributed by atoms with E-state index in [1.807, 2.05) is 0 Å². The van der Waals surface area contributed by atoms with E-state index in [1.54, 1.807) is 0 Å². The van der Waals surface area contributed by atoms with Crippen molar-refractivity contribution in [1.82, 2.24) is 4.98 Å². The molecule has 0 aliphatic rings. The molecule has 0 saturated carbocycles. The number of nitrogens with two attached hydrogens (primary N) is 1. The molecule has 0 fully saturated rings. The van der Waals surface area contributed by atoms with Gasteiger partial charge in [-0.1, -0.05) is 11.6 Å². The topological polar surface area (TPSA) is 99.1 Å². The number of primary amides is 1. The lowest BCUT2D eigenvalue weighted by atomic mass is 10.2. The molecule has 0 atom stereocenters. The van der Waals surface area contributed by atoms with Gasteiger partial charge >= 0.3 is 0 Å². The van der Waals surface area contributed by atoms with Gasteiger partial charge in [-0.15, -0.1) is 0 Å². The second kappa shape index (κ2) is 4.01. The van der Waals surface area contributed by atoms with Gasteiger partial charge in [-0.3, -0.25) is 14.9 Å². The van der Waals surface area contributed by atoms with E-state index in [4.69, 9.17) is 17.3 Å². The molecule has 0 spiro atoms. The van der Waals surface area contributed by atoms with Crippen LogP contribution in [-0.4, -0.2) is 15.8 Å². The molecule has 1 rings (SSSR count). The Hall–Kier alpha value is -1.69. The summed E-state index contributed by atoms with van der Waals surface area (Å²) in [5.74, 6) is -0.829. The highest BCUT2D eigenvalue weighted by Crippen LogP contribution is 2.11. The van der Waals surface area contributed by atoms with Crippen molar-refractivity contribution in [2.45, 2.75) is 6.54 Å². The highest BCUT2D eigenvalue weighted by atomic mass is 35.5. The van der Waals surface area contributed by atoms with Crippen molar-refractivity contribution in [2.75, 3.05) is 0 Å².